The topological polar surface area (TPSA) is 37.4 Å². The molecule has 1 saturated carbocycles. The van der Waals surface area contributed by atoms with E-state index in [1.165, 1.54) is 11.8 Å². The zero-order chi connectivity index (χ0) is 14.0. The smallest absolute Gasteiger partial charge is 0.230 e. The normalized spacial score (nSPS) is 24.9. The number of carbonyl (C=O) groups excluding carboxylic acids is 2. The molecule has 3 heteroatoms. The SMILES string of the molecule is CC(=O)N(Cc1ccccc1)C(=O)CC1(C)CC1C. The van der Waals surface area contributed by atoms with Crippen molar-refractivity contribution in [3.63, 3.8) is 0 Å². The maximum atomic E-state index is 12.3. The highest BCUT2D eigenvalue weighted by molar-refractivity contribution is 5.94. The number of hydrogen-bond acceptors (Lipinski definition) is 2. The summed E-state index contributed by atoms with van der Waals surface area (Å²) in [7, 11) is 0. The Kier molecular flexibility index (Phi) is 3.74. The second kappa shape index (κ2) is 5.16. The lowest BCUT2D eigenvalue weighted by atomic mass is 10.0. The number of rotatable bonds is 4. The van der Waals surface area contributed by atoms with Crippen molar-refractivity contribution < 1.29 is 9.59 Å². The number of benzene rings is 1. The molecule has 0 radical (unpaired) electrons. The van der Waals surface area contributed by atoms with Crippen molar-refractivity contribution >= 4 is 11.8 Å². The molecule has 2 unspecified atom stereocenters. The minimum atomic E-state index is -0.175. The maximum absolute atomic E-state index is 12.3. The van der Waals surface area contributed by atoms with Crippen LogP contribution in [0.5, 0.6) is 0 Å². The lowest BCUT2D eigenvalue weighted by Gasteiger charge is -2.21. The average Bonchev–Trinajstić information content (AvgIpc) is 2.94. The molecule has 1 fully saturated rings. The standard InChI is InChI=1S/C16H21NO2/c1-12-9-16(12,3)10-15(19)17(13(2)18)11-14-7-5-4-6-8-14/h4-8,12H,9-11H2,1-3H3. The zero-order valence-corrected chi connectivity index (χ0v) is 11.8. The van der Waals surface area contributed by atoms with E-state index in [1.54, 1.807) is 0 Å². The molecule has 1 aromatic rings. The Balaban J connectivity index is 2.04. The minimum Gasteiger partial charge on any atom is -0.278 e. The third-order valence-electron chi connectivity index (χ3n) is 4.22. The van der Waals surface area contributed by atoms with Gasteiger partial charge in [-0.3, -0.25) is 14.5 Å². The number of carbonyl (C=O) groups is 2. The first-order valence-corrected chi connectivity index (χ1v) is 6.77. The van der Waals surface area contributed by atoms with Gasteiger partial charge in [-0.1, -0.05) is 44.2 Å². The first-order chi connectivity index (χ1) is 8.92. The number of hydrogen-bond donors (Lipinski definition) is 0. The Morgan fingerprint density at radius 1 is 1.32 bits per heavy atom. The minimum absolute atomic E-state index is 0.0526. The van der Waals surface area contributed by atoms with E-state index >= 15 is 0 Å². The van der Waals surface area contributed by atoms with Crippen LogP contribution in [0.1, 0.15) is 39.2 Å². The zero-order valence-electron chi connectivity index (χ0n) is 11.8. The molecule has 1 aromatic carbocycles. The van der Waals surface area contributed by atoms with Crippen molar-refractivity contribution in [1.29, 1.82) is 0 Å². The molecule has 0 spiro atoms. The van der Waals surface area contributed by atoms with Gasteiger partial charge in [-0.05, 0) is 23.3 Å². The summed E-state index contributed by atoms with van der Waals surface area (Å²) in [5, 5.41) is 0. The van der Waals surface area contributed by atoms with Crippen LogP contribution in [0.2, 0.25) is 0 Å². The van der Waals surface area contributed by atoms with Crippen LogP contribution in [0.25, 0.3) is 0 Å². The summed E-state index contributed by atoms with van der Waals surface area (Å²) in [6.45, 7) is 6.11. The van der Waals surface area contributed by atoms with E-state index in [2.05, 4.69) is 13.8 Å². The van der Waals surface area contributed by atoms with Crippen LogP contribution in [0, 0.1) is 11.3 Å². The van der Waals surface area contributed by atoms with Gasteiger partial charge in [0, 0.05) is 13.3 Å². The molecule has 19 heavy (non-hydrogen) atoms. The van der Waals surface area contributed by atoms with Gasteiger partial charge in [0.15, 0.2) is 0 Å². The largest absolute Gasteiger partial charge is 0.278 e. The molecule has 102 valence electrons. The Hall–Kier alpha value is -1.64. The Morgan fingerprint density at radius 3 is 2.37 bits per heavy atom. The molecule has 1 aliphatic carbocycles. The predicted octanol–water partition coefficient (Wildman–Crippen LogP) is 3.00. The van der Waals surface area contributed by atoms with E-state index < -0.39 is 0 Å². The molecule has 0 aromatic heterocycles. The Bertz CT molecular complexity index is 483. The van der Waals surface area contributed by atoms with Crippen LogP contribution in [0.3, 0.4) is 0 Å². The molecule has 3 nitrogen and oxygen atoms in total. The molecule has 1 aliphatic rings. The van der Waals surface area contributed by atoms with E-state index in [1.807, 2.05) is 30.3 Å². The lowest BCUT2D eigenvalue weighted by Crippen LogP contribution is -2.35. The van der Waals surface area contributed by atoms with Gasteiger partial charge in [0.05, 0.1) is 6.54 Å². The van der Waals surface area contributed by atoms with Crippen LogP contribution in [0.15, 0.2) is 30.3 Å². The van der Waals surface area contributed by atoms with Crippen molar-refractivity contribution in [3.8, 4) is 0 Å². The fraction of sp³-hybridized carbons (Fsp3) is 0.500. The van der Waals surface area contributed by atoms with Crippen LogP contribution in [-0.4, -0.2) is 16.7 Å². The number of amides is 2. The first-order valence-electron chi connectivity index (χ1n) is 6.77. The van der Waals surface area contributed by atoms with E-state index in [-0.39, 0.29) is 17.2 Å². The van der Waals surface area contributed by atoms with E-state index in [0.29, 0.717) is 18.9 Å². The van der Waals surface area contributed by atoms with Crippen LogP contribution in [-0.2, 0) is 16.1 Å². The fourth-order valence-electron chi connectivity index (χ4n) is 2.47. The molecule has 0 N–H and O–H groups in total. The van der Waals surface area contributed by atoms with Gasteiger partial charge >= 0.3 is 0 Å². The van der Waals surface area contributed by atoms with Crippen molar-refractivity contribution in [2.75, 3.05) is 0 Å². The van der Waals surface area contributed by atoms with Crippen LogP contribution in [0.4, 0.5) is 0 Å². The van der Waals surface area contributed by atoms with Crippen molar-refractivity contribution in [3.05, 3.63) is 35.9 Å². The highest BCUT2D eigenvalue weighted by atomic mass is 16.2. The fourth-order valence-corrected chi connectivity index (χ4v) is 2.47. The van der Waals surface area contributed by atoms with Crippen molar-refractivity contribution in [2.45, 2.75) is 40.2 Å². The predicted molar refractivity (Wildman–Crippen MR) is 74.2 cm³/mol. The third kappa shape index (κ3) is 3.22. The summed E-state index contributed by atoms with van der Waals surface area (Å²) in [6.07, 6.45) is 1.55. The van der Waals surface area contributed by atoms with Gasteiger partial charge in [0.2, 0.25) is 11.8 Å². The van der Waals surface area contributed by atoms with Crippen LogP contribution < -0.4 is 0 Å². The van der Waals surface area contributed by atoms with E-state index in [0.717, 1.165) is 12.0 Å². The van der Waals surface area contributed by atoms with Gasteiger partial charge in [-0.25, -0.2) is 0 Å². The highest BCUT2D eigenvalue weighted by Crippen LogP contribution is 2.54. The molecule has 0 bridgehead atoms. The summed E-state index contributed by atoms with van der Waals surface area (Å²) < 4.78 is 0. The van der Waals surface area contributed by atoms with Crippen molar-refractivity contribution in [1.82, 2.24) is 4.90 Å². The molecular formula is C16H21NO2. The number of imide groups is 1. The van der Waals surface area contributed by atoms with Gasteiger partial charge in [-0.2, -0.15) is 0 Å². The lowest BCUT2D eigenvalue weighted by molar-refractivity contribution is -0.145. The second-order valence-corrected chi connectivity index (χ2v) is 5.92. The average molecular weight is 259 g/mol. The van der Waals surface area contributed by atoms with Gasteiger partial charge < -0.3 is 0 Å². The Labute approximate surface area is 114 Å². The highest BCUT2D eigenvalue weighted by Gasteiger charge is 2.48. The molecule has 2 amide bonds. The molecule has 2 rings (SSSR count). The molecular weight excluding hydrogens is 238 g/mol. The van der Waals surface area contributed by atoms with Crippen molar-refractivity contribution in [2.24, 2.45) is 11.3 Å². The molecule has 0 aliphatic heterocycles. The van der Waals surface area contributed by atoms with Gasteiger partial charge in [0.25, 0.3) is 0 Å². The molecule has 2 atom stereocenters. The summed E-state index contributed by atoms with van der Waals surface area (Å²) >= 11 is 0. The summed E-state index contributed by atoms with van der Waals surface area (Å²) in [5.41, 5.74) is 1.08. The first kappa shape index (κ1) is 13.8. The summed E-state index contributed by atoms with van der Waals surface area (Å²) in [6, 6.07) is 9.64. The molecule has 0 saturated heterocycles. The monoisotopic (exact) mass is 259 g/mol. The third-order valence-corrected chi connectivity index (χ3v) is 4.22. The van der Waals surface area contributed by atoms with E-state index in [9.17, 15) is 9.59 Å². The second-order valence-electron chi connectivity index (χ2n) is 5.92. The summed E-state index contributed by atoms with van der Waals surface area (Å²) in [4.78, 5) is 25.3. The summed E-state index contributed by atoms with van der Waals surface area (Å²) in [5.74, 6) is 0.357. The van der Waals surface area contributed by atoms with Crippen LogP contribution >= 0.6 is 0 Å². The maximum Gasteiger partial charge on any atom is 0.230 e. The van der Waals surface area contributed by atoms with E-state index in [4.69, 9.17) is 0 Å². The Morgan fingerprint density at radius 2 is 1.89 bits per heavy atom. The van der Waals surface area contributed by atoms with Gasteiger partial charge in [0.1, 0.15) is 0 Å². The quantitative estimate of drug-likeness (QED) is 0.833. The number of nitrogens with zero attached hydrogens (tertiary/aromatic N) is 1. The molecule has 0 heterocycles. The van der Waals surface area contributed by atoms with Gasteiger partial charge in [-0.15, -0.1) is 0 Å².